The third-order valence-corrected chi connectivity index (χ3v) is 4.14. The fourth-order valence-electron chi connectivity index (χ4n) is 3.10. The smallest absolute Gasteiger partial charge is 0.306 e. The summed E-state index contributed by atoms with van der Waals surface area (Å²) in [5.41, 5.74) is 5.21. The Labute approximate surface area is 125 Å². The molecule has 0 aliphatic heterocycles. The minimum absolute atomic E-state index is 0.165. The van der Waals surface area contributed by atoms with E-state index in [-0.39, 0.29) is 12.0 Å². The number of carbonyl (C=O) groups is 1. The van der Waals surface area contributed by atoms with Gasteiger partial charge in [-0.25, -0.2) is 0 Å². The normalized spacial score (nSPS) is 13.1. The summed E-state index contributed by atoms with van der Waals surface area (Å²) in [6.45, 7) is 0.681. The zero-order valence-electron chi connectivity index (χ0n) is 12.4. The summed E-state index contributed by atoms with van der Waals surface area (Å²) >= 11 is 0. The van der Waals surface area contributed by atoms with E-state index in [4.69, 9.17) is 4.74 Å². The largest absolute Gasteiger partial charge is 0.469 e. The average Bonchev–Trinajstić information content (AvgIpc) is 2.87. The fourth-order valence-corrected chi connectivity index (χ4v) is 3.10. The van der Waals surface area contributed by atoms with Crippen molar-refractivity contribution >= 4 is 5.97 Å². The maximum Gasteiger partial charge on any atom is 0.306 e. The van der Waals surface area contributed by atoms with Gasteiger partial charge in [-0.3, -0.25) is 9.69 Å². The van der Waals surface area contributed by atoms with Crippen molar-refractivity contribution < 1.29 is 9.53 Å². The van der Waals surface area contributed by atoms with E-state index in [2.05, 4.69) is 60.5 Å². The van der Waals surface area contributed by atoms with Crippen molar-refractivity contribution in [3.8, 4) is 11.1 Å². The molecule has 3 nitrogen and oxygen atoms in total. The monoisotopic (exact) mass is 281 g/mol. The first kappa shape index (κ1) is 13.8. The van der Waals surface area contributed by atoms with Crippen LogP contribution in [0, 0.1) is 0 Å². The first-order valence-corrected chi connectivity index (χ1v) is 7.17. The summed E-state index contributed by atoms with van der Waals surface area (Å²) < 4.78 is 4.74. The Morgan fingerprint density at radius 2 is 1.57 bits per heavy atom. The van der Waals surface area contributed by atoms with Crippen molar-refractivity contribution in [3.63, 3.8) is 0 Å². The minimum atomic E-state index is -0.165. The van der Waals surface area contributed by atoms with Crippen LogP contribution in [0.15, 0.2) is 48.5 Å². The lowest BCUT2D eigenvalue weighted by molar-refractivity contribution is -0.141. The van der Waals surface area contributed by atoms with Crippen LogP contribution in [0.4, 0.5) is 0 Å². The molecule has 0 unspecified atom stereocenters. The summed E-state index contributed by atoms with van der Waals surface area (Å²) in [6.07, 6.45) is 0.411. The molecule has 2 aromatic rings. The van der Waals surface area contributed by atoms with Crippen LogP contribution in [-0.4, -0.2) is 31.6 Å². The molecule has 0 heterocycles. The topological polar surface area (TPSA) is 29.5 Å². The van der Waals surface area contributed by atoms with E-state index in [9.17, 15) is 4.79 Å². The lowest BCUT2D eigenvalue weighted by atomic mass is 10.0. The van der Waals surface area contributed by atoms with Gasteiger partial charge in [0.2, 0.25) is 0 Å². The highest BCUT2D eigenvalue weighted by Gasteiger charge is 2.30. The van der Waals surface area contributed by atoms with Gasteiger partial charge in [0.1, 0.15) is 0 Å². The van der Waals surface area contributed by atoms with Crippen molar-refractivity contribution in [2.75, 3.05) is 20.7 Å². The predicted octanol–water partition coefficient (Wildman–Crippen LogP) is 3.25. The molecular weight excluding hydrogens is 262 g/mol. The maximum atomic E-state index is 11.4. The third kappa shape index (κ3) is 2.45. The van der Waals surface area contributed by atoms with E-state index in [1.807, 2.05) is 0 Å². The molecule has 108 valence electrons. The van der Waals surface area contributed by atoms with Gasteiger partial charge in [-0.1, -0.05) is 48.5 Å². The average molecular weight is 281 g/mol. The molecule has 3 heteroatoms. The number of hydrogen-bond acceptors (Lipinski definition) is 3. The number of fused-ring (bicyclic) bond motifs is 3. The summed E-state index contributed by atoms with van der Waals surface area (Å²) in [5.74, 6) is -0.165. The van der Waals surface area contributed by atoms with E-state index in [0.717, 1.165) is 0 Å². The Morgan fingerprint density at radius 3 is 2.10 bits per heavy atom. The van der Waals surface area contributed by atoms with Crippen molar-refractivity contribution in [2.24, 2.45) is 0 Å². The number of methoxy groups -OCH3 is 1. The fraction of sp³-hybridized carbons (Fsp3) is 0.278. The number of hydrogen-bond donors (Lipinski definition) is 0. The predicted molar refractivity (Wildman–Crippen MR) is 83.0 cm³/mol. The third-order valence-electron chi connectivity index (χ3n) is 4.14. The van der Waals surface area contributed by atoms with Gasteiger partial charge in [-0.15, -0.1) is 0 Å². The SMILES string of the molecule is COC(=O)CCN(C)C1c2ccccc2-c2ccccc21. The van der Waals surface area contributed by atoms with Gasteiger partial charge in [0.15, 0.2) is 0 Å². The van der Waals surface area contributed by atoms with Crippen molar-refractivity contribution in [1.82, 2.24) is 4.90 Å². The van der Waals surface area contributed by atoms with Crippen LogP contribution < -0.4 is 0 Å². The molecule has 0 aromatic heterocycles. The number of benzene rings is 2. The van der Waals surface area contributed by atoms with E-state index in [0.29, 0.717) is 13.0 Å². The lowest BCUT2D eigenvalue weighted by Crippen LogP contribution is -2.27. The Balaban J connectivity index is 1.93. The first-order chi connectivity index (χ1) is 10.2. The molecule has 0 saturated heterocycles. The zero-order valence-corrected chi connectivity index (χ0v) is 12.4. The lowest BCUT2D eigenvalue weighted by Gasteiger charge is -2.26. The summed E-state index contributed by atoms with van der Waals surface area (Å²) in [7, 11) is 3.50. The standard InChI is InChI=1S/C18H19NO2/c1-19(12-11-17(20)21-2)18-15-9-5-3-7-13(15)14-8-4-6-10-16(14)18/h3-10,18H,11-12H2,1-2H3. The van der Waals surface area contributed by atoms with E-state index in [1.165, 1.54) is 29.4 Å². The van der Waals surface area contributed by atoms with Crippen molar-refractivity contribution in [1.29, 1.82) is 0 Å². The highest BCUT2D eigenvalue weighted by molar-refractivity contribution is 5.78. The van der Waals surface area contributed by atoms with Crippen LogP contribution in [0.25, 0.3) is 11.1 Å². The maximum absolute atomic E-state index is 11.4. The van der Waals surface area contributed by atoms with Crippen molar-refractivity contribution in [2.45, 2.75) is 12.5 Å². The van der Waals surface area contributed by atoms with Gasteiger partial charge in [0.25, 0.3) is 0 Å². The molecule has 1 aliphatic carbocycles. The molecule has 0 N–H and O–H groups in total. The second-order valence-electron chi connectivity index (χ2n) is 5.38. The molecule has 0 spiro atoms. The van der Waals surface area contributed by atoms with E-state index in [1.54, 1.807) is 0 Å². The second kappa shape index (κ2) is 5.70. The minimum Gasteiger partial charge on any atom is -0.469 e. The van der Waals surface area contributed by atoms with Gasteiger partial charge in [0.05, 0.1) is 19.6 Å². The molecule has 0 saturated carbocycles. The number of nitrogens with zero attached hydrogens (tertiary/aromatic N) is 1. The van der Waals surface area contributed by atoms with Crippen LogP contribution >= 0.6 is 0 Å². The Hall–Kier alpha value is -2.13. The molecule has 3 rings (SSSR count). The van der Waals surface area contributed by atoms with Crippen LogP contribution in [-0.2, 0) is 9.53 Å². The highest BCUT2D eigenvalue weighted by Crippen LogP contribution is 2.45. The Bertz CT molecular complexity index is 620. The summed E-state index contributed by atoms with van der Waals surface area (Å²) in [4.78, 5) is 13.6. The molecule has 0 amide bonds. The van der Waals surface area contributed by atoms with Crippen LogP contribution in [0.1, 0.15) is 23.6 Å². The van der Waals surface area contributed by atoms with Crippen LogP contribution in [0.2, 0.25) is 0 Å². The Morgan fingerprint density at radius 1 is 1.05 bits per heavy atom. The molecule has 0 radical (unpaired) electrons. The van der Waals surface area contributed by atoms with Crippen LogP contribution in [0.5, 0.6) is 0 Å². The van der Waals surface area contributed by atoms with Gasteiger partial charge in [-0.05, 0) is 29.3 Å². The molecule has 0 atom stereocenters. The summed E-state index contributed by atoms with van der Waals surface area (Å²) in [6, 6.07) is 17.2. The van der Waals surface area contributed by atoms with E-state index >= 15 is 0 Å². The van der Waals surface area contributed by atoms with Gasteiger partial charge in [0, 0.05) is 6.54 Å². The first-order valence-electron chi connectivity index (χ1n) is 7.17. The zero-order chi connectivity index (χ0) is 14.8. The number of rotatable bonds is 4. The number of esters is 1. The number of carbonyl (C=O) groups excluding carboxylic acids is 1. The molecule has 1 aliphatic rings. The van der Waals surface area contributed by atoms with Gasteiger partial charge < -0.3 is 4.74 Å². The molecule has 0 bridgehead atoms. The number of ether oxygens (including phenoxy) is 1. The Kier molecular flexibility index (Phi) is 3.76. The molecular formula is C18H19NO2. The molecule has 21 heavy (non-hydrogen) atoms. The molecule has 0 fully saturated rings. The summed E-state index contributed by atoms with van der Waals surface area (Å²) in [5, 5.41) is 0. The highest BCUT2D eigenvalue weighted by atomic mass is 16.5. The van der Waals surface area contributed by atoms with Gasteiger partial charge in [-0.2, -0.15) is 0 Å². The van der Waals surface area contributed by atoms with E-state index < -0.39 is 0 Å². The molecule has 2 aromatic carbocycles. The van der Waals surface area contributed by atoms with Crippen molar-refractivity contribution in [3.05, 3.63) is 59.7 Å². The van der Waals surface area contributed by atoms with Crippen LogP contribution in [0.3, 0.4) is 0 Å². The quantitative estimate of drug-likeness (QED) is 0.806. The second-order valence-corrected chi connectivity index (χ2v) is 5.38. The van der Waals surface area contributed by atoms with Gasteiger partial charge >= 0.3 is 5.97 Å².